The van der Waals surface area contributed by atoms with Crippen molar-refractivity contribution in [2.75, 3.05) is 0 Å². The number of allylic oxidation sites excluding steroid dienone is 1. The van der Waals surface area contributed by atoms with Gasteiger partial charge in [0.1, 0.15) is 0 Å². The van der Waals surface area contributed by atoms with E-state index in [4.69, 9.17) is 0 Å². The van der Waals surface area contributed by atoms with Gasteiger partial charge in [-0.2, -0.15) is 0 Å². The summed E-state index contributed by atoms with van der Waals surface area (Å²) in [5.41, 5.74) is 3.09. The molecule has 5 heteroatoms. The SMILES string of the molecule is CC(NS(=O)(=O)C1=Cc2ccccc2CC1)c1ccncc1. The molecule has 1 unspecified atom stereocenters. The summed E-state index contributed by atoms with van der Waals surface area (Å²) in [6.45, 7) is 1.84. The summed E-state index contributed by atoms with van der Waals surface area (Å²) in [5.74, 6) is 0. The molecule has 0 spiro atoms. The van der Waals surface area contributed by atoms with Gasteiger partial charge < -0.3 is 0 Å². The van der Waals surface area contributed by atoms with Crippen LogP contribution in [-0.2, 0) is 16.4 Å². The third kappa shape index (κ3) is 3.10. The molecule has 0 saturated heterocycles. The zero-order chi connectivity index (χ0) is 15.6. The highest BCUT2D eigenvalue weighted by atomic mass is 32.2. The van der Waals surface area contributed by atoms with Crippen LogP contribution < -0.4 is 4.72 Å². The van der Waals surface area contributed by atoms with Crippen LogP contribution in [0.3, 0.4) is 0 Å². The van der Waals surface area contributed by atoms with Crippen molar-refractivity contribution >= 4 is 16.1 Å². The summed E-state index contributed by atoms with van der Waals surface area (Å²) in [4.78, 5) is 4.40. The number of hydrogen-bond donors (Lipinski definition) is 1. The molecule has 1 aliphatic carbocycles. The Labute approximate surface area is 131 Å². The normalized spacial score (nSPS) is 15.8. The van der Waals surface area contributed by atoms with Crippen LogP contribution in [0.1, 0.15) is 36.1 Å². The van der Waals surface area contributed by atoms with Crippen molar-refractivity contribution in [3.8, 4) is 0 Å². The first-order valence-electron chi connectivity index (χ1n) is 7.27. The van der Waals surface area contributed by atoms with Gasteiger partial charge in [0.25, 0.3) is 0 Å². The minimum atomic E-state index is -3.48. The Balaban J connectivity index is 1.84. The van der Waals surface area contributed by atoms with Crippen LogP contribution in [0.5, 0.6) is 0 Å². The van der Waals surface area contributed by atoms with Crippen LogP contribution in [0.15, 0.2) is 53.7 Å². The van der Waals surface area contributed by atoms with E-state index in [-0.39, 0.29) is 6.04 Å². The molecule has 1 N–H and O–H groups in total. The van der Waals surface area contributed by atoms with E-state index in [0.717, 1.165) is 17.5 Å². The number of aryl methyl sites for hydroxylation is 1. The Morgan fingerprint density at radius 1 is 1.09 bits per heavy atom. The van der Waals surface area contributed by atoms with Crippen molar-refractivity contribution in [2.45, 2.75) is 25.8 Å². The van der Waals surface area contributed by atoms with Gasteiger partial charge in [-0.25, -0.2) is 13.1 Å². The first kappa shape index (κ1) is 14.9. The predicted octanol–water partition coefficient (Wildman–Crippen LogP) is 3.05. The molecule has 1 heterocycles. The zero-order valence-corrected chi connectivity index (χ0v) is 13.2. The van der Waals surface area contributed by atoms with Gasteiger partial charge in [-0.15, -0.1) is 0 Å². The molecule has 1 atom stereocenters. The second kappa shape index (κ2) is 6.02. The van der Waals surface area contributed by atoms with E-state index in [0.29, 0.717) is 11.3 Å². The summed E-state index contributed by atoms with van der Waals surface area (Å²) in [6, 6.07) is 11.3. The monoisotopic (exact) mass is 314 g/mol. The summed E-state index contributed by atoms with van der Waals surface area (Å²) in [6.07, 6.45) is 6.40. The Bertz CT molecular complexity index is 798. The van der Waals surface area contributed by atoms with Crippen LogP contribution >= 0.6 is 0 Å². The fourth-order valence-corrected chi connectivity index (χ4v) is 4.05. The fraction of sp³-hybridized carbons (Fsp3) is 0.235. The van der Waals surface area contributed by atoms with Crippen molar-refractivity contribution in [3.63, 3.8) is 0 Å². The molecule has 4 nitrogen and oxygen atoms in total. The number of rotatable bonds is 4. The molecule has 3 rings (SSSR count). The second-order valence-electron chi connectivity index (χ2n) is 5.43. The number of fused-ring (bicyclic) bond motifs is 1. The third-order valence-electron chi connectivity index (χ3n) is 3.90. The van der Waals surface area contributed by atoms with Crippen LogP contribution in [0.4, 0.5) is 0 Å². The first-order chi connectivity index (χ1) is 10.6. The number of nitrogens with zero attached hydrogens (tertiary/aromatic N) is 1. The van der Waals surface area contributed by atoms with Gasteiger partial charge >= 0.3 is 0 Å². The molecule has 1 aromatic carbocycles. The fourth-order valence-electron chi connectivity index (χ4n) is 2.65. The number of nitrogens with one attached hydrogen (secondary N) is 1. The highest BCUT2D eigenvalue weighted by molar-refractivity contribution is 7.93. The van der Waals surface area contributed by atoms with E-state index >= 15 is 0 Å². The zero-order valence-electron chi connectivity index (χ0n) is 12.4. The lowest BCUT2D eigenvalue weighted by atomic mass is 9.98. The molecule has 22 heavy (non-hydrogen) atoms. The Hall–Kier alpha value is -1.98. The minimum Gasteiger partial charge on any atom is -0.265 e. The lowest BCUT2D eigenvalue weighted by Crippen LogP contribution is -2.28. The highest BCUT2D eigenvalue weighted by Gasteiger charge is 2.23. The second-order valence-corrected chi connectivity index (χ2v) is 7.20. The van der Waals surface area contributed by atoms with Gasteiger partial charge in [-0.3, -0.25) is 4.98 Å². The van der Waals surface area contributed by atoms with Crippen molar-refractivity contribution in [1.29, 1.82) is 0 Å². The third-order valence-corrected chi connectivity index (χ3v) is 5.57. The average molecular weight is 314 g/mol. The minimum absolute atomic E-state index is 0.286. The van der Waals surface area contributed by atoms with E-state index in [1.165, 1.54) is 5.56 Å². The molecule has 0 aliphatic heterocycles. The van der Waals surface area contributed by atoms with Crippen molar-refractivity contribution in [2.24, 2.45) is 0 Å². The maximum atomic E-state index is 12.6. The predicted molar refractivity (Wildman–Crippen MR) is 87.4 cm³/mol. The van der Waals surface area contributed by atoms with Crippen LogP contribution in [0, 0.1) is 0 Å². The summed E-state index contributed by atoms with van der Waals surface area (Å²) >= 11 is 0. The quantitative estimate of drug-likeness (QED) is 0.943. The Morgan fingerprint density at radius 2 is 1.82 bits per heavy atom. The van der Waals surface area contributed by atoms with E-state index < -0.39 is 10.0 Å². The molecular weight excluding hydrogens is 296 g/mol. The van der Waals surface area contributed by atoms with Gasteiger partial charge in [0.2, 0.25) is 10.0 Å². The van der Waals surface area contributed by atoms with E-state index in [9.17, 15) is 8.42 Å². The molecule has 0 saturated carbocycles. The van der Waals surface area contributed by atoms with Gasteiger partial charge in [0.05, 0.1) is 4.91 Å². The molecular formula is C17H18N2O2S. The number of benzene rings is 1. The average Bonchev–Trinajstić information content (AvgIpc) is 2.55. The lowest BCUT2D eigenvalue weighted by molar-refractivity contribution is 0.571. The Kier molecular flexibility index (Phi) is 4.09. The number of sulfonamides is 1. The molecule has 0 amide bonds. The standard InChI is InChI=1S/C17H18N2O2S/c1-13(14-8-10-18-11-9-14)19-22(20,21)17-7-6-15-4-2-3-5-16(15)12-17/h2-5,8-13,19H,6-7H2,1H3. The maximum absolute atomic E-state index is 12.6. The smallest absolute Gasteiger partial charge is 0.237 e. The maximum Gasteiger partial charge on any atom is 0.237 e. The van der Waals surface area contributed by atoms with Gasteiger partial charge in [-0.1, -0.05) is 24.3 Å². The molecule has 1 aliphatic rings. The first-order valence-corrected chi connectivity index (χ1v) is 8.75. The van der Waals surface area contributed by atoms with Gasteiger partial charge in [0.15, 0.2) is 0 Å². The number of pyridine rings is 1. The summed E-state index contributed by atoms with van der Waals surface area (Å²) in [7, 11) is -3.48. The van der Waals surface area contributed by atoms with E-state index in [1.54, 1.807) is 18.5 Å². The number of aromatic nitrogens is 1. The van der Waals surface area contributed by atoms with Gasteiger partial charge in [0, 0.05) is 18.4 Å². The molecule has 0 bridgehead atoms. The van der Waals surface area contributed by atoms with E-state index in [1.807, 2.05) is 43.3 Å². The molecule has 0 radical (unpaired) electrons. The van der Waals surface area contributed by atoms with Crippen LogP contribution in [-0.4, -0.2) is 13.4 Å². The van der Waals surface area contributed by atoms with E-state index in [2.05, 4.69) is 9.71 Å². The van der Waals surface area contributed by atoms with Crippen LogP contribution in [0.2, 0.25) is 0 Å². The largest absolute Gasteiger partial charge is 0.265 e. The Morgan fingerprint density at radius 3 is 2.59 bits per heavy atom. The molecule has 0 fully saturated rings. The summed E-state index contributed by atoms with van der Waals surface area (Å²) < 4.78 is 27.9. The molecule has 1 aromatic heterocycles. The van der Waals surface area contributed by atoms with Gasteiger partial charge in [-0.05, 0) is 54.7 Å². The van der Waals surface area contributed by atoms with Crippen molar-refractivity contribution in [3.05, 3.63) is 70.4 Å². The van der Waals surface area contributed by atoms with Crippen molar-refractivity contribution < 1.29 is 8.42 Å². The number of hydrogen-bond acceptors (Lipinski definition) is 3. The topological polar surface area (TPSA) is 59.1 Å². The lowest BCUT2D eigenvalue weighted by Gasteiger charge is -2.20. The highest BCUT2D eigenvalue weighted by Crippen LogP contribution is 2.27. The molecule has 2 aromatic rings. The van der Waals surface area contributed by atoms with Crippen LogP contribution in [0.25, 0.3) is 6.08 Å². The summed E-state index contributed by atoms with van der Waals surface area (Å²) in [5, 5.41) is 0. The molecule has 114 valence electrons. The van der Waals surface area contributed by atoms with Crippen molar-refractivity contribution in [1.82, 2.24) is 9.71 Å².